The minimum atomic E-state index is 0.570. The molecule has 0 bridgehead atoms. The zero-order valence-corrected chi connectivity index (χ0v) is 13.9. The van der Waals surface area contributed by atoms with E-state index in [0.717, 1.165) is 12.1 Å². The summed E-state index contributed by atoms with van der Waals surface area (Å²) in [6.07, 6.45) is 3.77. The lowest BCUT2D eigenvalue weighted by Gasteiger charge is -2.31. The van der Waals surface area contributed by atoms with Crippen LogP contribution in [0.5, 0.6) is 11.5 Å². The molecule has 1 aliphatic heterocycles. The molecule has 0 saturated carbocycles. The first-order chi connectivity index (χ1) is 11.2. The van der Waals surface area contributed by atoms with Gasteiger partial charge in [-0.25, -0.2) is 0 Å². The van der Waals surface area contributed by atoms with Crippen LogP contribution in [-0.4, -0.2) is 41.8 Å². The molecule has 23 heavy (non-hydrogen) atoms. The summed E-state index contributed by atoms with van der Waals surface area (Å²) in [6.45, 7) is 4.06. The van der Waals surface area contributed by atoms with Gasteiger partial charge in [0.15, 0.2) is 11.5 Å². The van der Waals surface area contributed by atoms with Crippen LogP contribution in [-0.2, 0) is 6.54 Å². The Morgan fingerprint density at radius 3 is 2.78 bits per heavy atom. The number of benzene rings is 1. The molecule has 6 heteroatoms. The van der Waals surface area contributed by atoms with Crippen molar-refractivity contribution in [2.75, 3.05) is 20.8 Å². The first-order valence-corrected chi connectivity index (χ1v) is 8.00. The minimum absolute atomic E-state index is 0.570. The molecule has 0 spiro atoms. The second kappa shape index (κ2) is 7.00. The molecule has 0 N–H and O–H groups in total. The van der Waals surface area contributed by atoms with Crippen LogP contribution in [0.4, 0.5) is 0 Å². The number of rotatable bonds is 5. The molecule has 0 aliphatic carbocycles. The van der Waals surface area contributed by atoms with Crippen LogP contribution in [0.15, 0.2) is 22.7 Å². The van der Waals surface area contributed by atoms with E-state index in [1.807, 2.05) is 18.2 Å². The molecule has 6 nitrogen and oxygen atoms in total. The van der Waals surface area contributed by atoms with Crippen molar-refractivity contribution < 1.29 is 14.0 Å². The van der Waals surface area contributed by atoms with Crippen molar-refractivity contribution in [2.45, 2.75) is 38.8 Å². The Hall–Kier alpha value is -2.08. The molecule has 0 radical (unpaired) electrons. The average molecular weight is 317 g/mol. The molecule has 1 aromatic carbocycles. The van der Waals surface area contributed by atoms with Crippen molar-refractivity contribution in [3.63, 3.8) is 0 Å². The largest absolute Gasteiger partial charge is 0.493 e. The van der Waals surface area contributed by atoms with E-state index in [4.69, 9.17) is 14.0 Å². The number of nitrogens with zero attached hydrogens (tertiary/aromatic N) is 3. The van der Waals surface area contributed by atoms with Crippen LogP contribution < -0.4 is 9.47 Å². The first kappa shape index (κ1) is 15.8. The van der Waals surface area contributed by atoms with Crippen molar-refractivity contribution in [3.8, 4) is 22.9 Å². The van der Waals surface area contributed by atoms with Crippen molar-refractivity contribution in [1.29, 1.82) is 0 Å². The molecule has 1 saturated heterocycles. The monoisotopic (exact) mass is 317 g/mol. The van der Waals surface area contributed by atoms with Gasteiger partial charge in [0.2, 0.25) is 11.7 Å². The highest BCUT2D eigenvalue weighted by molar-refractivity contribution is 5.60. The van der Waals surface area contributed by atoms with Crippen LogP contribution in [0, 0.1) is 0 Å². The van der Waals surface area contributed by atoms with Crippen LogP contribution in [0.3, 0.4) is 0 Å². The van der Waals surface area contributed by atoms with Crippen molar-refractivity contribution in [2.24, 2.45) is 0 Å². The Labute approximate surface area is 136 Å². The zero-order valence-electron chi connectivity index (χ0n) is 13.9. The number of likely N-dealkylation sites (tertiary alicyclic amines) is 1. The van der Waals surface area contributed by atoms with Gasteiger partial charge < -0.3 is 14.0 Å². The van der Waals surface area contributed by atoms with E-state index in [2.05, 4.69) is 22.0 Å². The first-order valence-electron chi connectivity index (χ1n) is 8.00. The lowest BCUT2D eigenvalue weighted by atomic mass is 10.0. The molecule has 1 aromatic heterocycles. The van der Waals surface area contributed by atoms with Gasteiger partial charge in [0.05, 0.1) is 20.8 Å². The summed E-state index contributed by atoms with van der Waals surface area (Å²) in [5.74, 6) is 2.57. The van der Waals surface area contributed by atoms with Crippen molar-refractivity contribution in [1.82, 2.24) is 15.0 Å². The molecular formula is C17H23N3O3. The molecule has 3 rings (SSSR count). The maximum atomic E-state index is 5.43. The fourth-order valence-electron chi connectivity index (χ4n) is 2.98. The average Bonchev–Trinajstić information content (AvgIpc) is 3.05. The molecule has 1 aliphatic rings. The van der Waals surface area contributed by atoms with Crippen LogP contribution in [0.25, 0.3) is 11.4 Å². The van der Waals surface area contributed by atoms with E-state index < -0.39 is 0 Å². The molecule has 1 atom stereocenters. The summed E-state index contributed by atoms with van der Waals surface area (Å²) in [5, 5.41) is 4.10. The van der Waals surface area contributed by atoms with E-state index >= 15 is 0 Å². The Kier molecular flexibility index (Phi) is 4.81. The summed E-state index contributed by atoms with van der Waals surface area (Å²) < 4.78 is 16.0. The Morgan fingerprint density at radius 1 is 1.22 bits per heavy atom. The lowest BCUT2D eigenvalue weighted by molar-refractivity contribution is 0.135. The van der Waals surface area contributed by atoms with E-state index in [1.54, 1.807) is 14.2 Å². The lowest BCUT2D eigenvalue weighted by Crippen LogP contribution is -2.36. The number of ether oxygens (including phenoxy) is 2. The predicted molar refractivity (Wildman–Crippen MR) is 86.6 cm³/mol. The van der Waals surface area contributed by atoms with E-state index in [-0.39, 0.29) is 0 Å². The number of aromatic nitrogens is 2. The predicted octanol–water partition coefficient (Wildman–Crippen LogP) is 3.13. The second-order valence-corrected chi connectivity index (χ2v) is 5.90. The highest BCUT2D eigenvalue weighted by Gasteiger charge is 2.21. The Balaban J connectivity index is 1.76. The van der Waals surface area contributed by atoms with Gasteiger partial charge in [0.25, 0.3) is 0 Å². The van der Waals surface area contributed by atoms with Crippen LogP contribution >= 0.6 is 0 Å². The molecule has 2 aromatic rings. The number of piperidine rings is 1. The smallest absolute Gasteiger partial charge is 0.241 e. The molecule has 124 valence electrons. The topological polar surface area (TPSA) is 60.6 Å². The fraction of sp³-hybridized carbons (Fsp3) is 0.529. The third-order valence-electron chi connectivity index (χ3n) is 4.39. The van der Waals surface area contributed by atoms with E-state index in [0.29, 0.717) is 35.8 Å². The molecule has 0 unspecified atom stereocenters. The highest BCUT2D eigenvalue weighted by Crippen LogP contribution is 2.31. The minimum Gasteiger partial charge on any atom is -0.493 e. The van der Waals surface area contributed by atoms with Gasteiger partial charge in [-0.2, -0.15) is 4.98 Å². The number of methoxy groups -OCH3 is 2. The maximum absolute atomic E-state index is 5.43. The SMILES string of the molecule is COc1ccc(-c2noc(CN3CCCC[C@@H]3C)n2)cc1OC. The third-order valence-corrected chi connectivity index (χ3v) is 4.39. The highest BCUT2D eigenvalue weighted by atomic mass is 16.5. The Bertz CT molecular complexity index is 656. The molecule has 2 heterocycles. The van der Waals surface area contributed by atoms with Gasteiger partial charge >= 0.3 is 0 Å². The summed E-state index contributed by atoms with van der Waals surface area (Å²) in [4.78, 5) is 6.92. The van der Waals surface area contributed by atoms with Gasteiger partial charge in [0, 0.05) is 11.6 Å². The number of hydrogen-bond acceptors (Lipinski definition) is 6. The normalized spacial score (nSPS) is 18.8. The summed E-state index contributed by atoms with van der Waals surface area (Å²) in [6, 6.07) is 6.17. The van der Waals surface area contributed by atoms with Gasteiger partial charge in [-0.3, -0.25) is 4.90 Å². The molecular weight excluding hydrogens is 294 g/mol. The summed E-state index contributed by atoms with van der Waals surface area (Å²) in [5.41, 5.74) is 0.851. The van der Waals surface area contributed by atoms with Gasteiger partial charge in [-0.05, 0) is 44.5 Å². The maximum Gasteiger partial charge on any atom is 0.241 e. The third kappa shape index (κ3) is 3.47. The quantitative estimate of drug-likeness (QED) is 0.844. The summed E-state index contributed by atoms with van der Waals surface area (Å²) >= 11 is 0. The fourth-order valence-corrected chi connectivity index (χ4v) is 2.98. The van der Waals surface area contributed by atoms with Gasteiger partial charge in [-0.1, -0.05) is 11.6 Å². The Morgan fingerprint density at radius 2 is 2.04 bits per heavy atom. The molecule has 0 amide bonds. The van der Waals surface area contributed by atoms with Gasteiger partial charge in [-0.15, -0.1) is 0 Å². The van der Waals surface area contributed by atoms with E-state index in [9.17, 15) is 0 Å². The van der Waals surface area contributed by atoms with Crippen LogP contribution in [0.1, 0.15) is 32.1 Å². The zero-order chi connectivity index (χ0) is 16.2. The van der Waals surface area contributed by atoms with Gasteiger partial charge in [0.1, 0.15) is 0 Å². The second-order valence-electron chi connectivity index (χ2n) is 5.90. The number of hydrogen-bond donors (Lipinski definition) is 0. The standard InChI is InChI=1S/C17H23N3O3/c1-12-6-4-5-9-20(12)11-16-18-17(19-23-16)13-7-8-14(21-2)15(10-13)22-3/h7-8,10,12H,4-6,9,11H2,1-3H3/t12-/m0/s1. The van der Waals surface area contributed by atoms with Crippen molar-refractivity contribution >= 4 is 0 Å². The summed E-state index contributed by atoms with van der Waals surface area (Å²) in [7, 11) is 3.23. The molecule has 1 fully saturated rings. The van der Waals surface area contributed by atoms with E-state index in [1.165, 1.54) is 19.3 Å². The van der Waals surface area contributed by atoms with Crippen molar-refractivity contribution in [3.05, 3.63) is 24.1 Å². The van der Waals surface area contributed by atoms with Crippen LogP contribution in [0.2, 0.25) is 0 Å².